The molecule has 2 rings (SSSR count). The molecule has 0 aliphatic rings. The van der Waals surface area contributed by atoms with Gasteiger partial charge in [0.15, 0.2) is 11.8 Å². The quantitative estimate of drug-likeness (QED) is 0.364. The molecular weight excluding hydrogens is 328 g/mol. The van der Waals surface area contributed by atoms with Gasteiger partial charge in [0.1, 0.15) is 11.6 Å². The van der Waals surface area contributed by atoms with Crippen molar-refractivity contribution >= 4 is 5.96 Å². The first-order valence-corrected chi connectivity index (χ1v) is 9.12. The summed E-state index contributed by atoms with van der Waals surface area (Å²) in [6.45, 7) is 5.96. The Labute approximate surface area is 155 Å². The summed E-state index contributed by atoms with van der Waals surface area (Å²) in [7, 11) is 3.42. The summed E-state index contributed by atoms with van der Waals surface area (Å²) in [5.41, 5.74) is 0.945. The van der Waals surface area contributed by atoms with Crippen molar-refractivity contribution in [2.75, 3.05) is 20.7 Å². The molecule has 3 N–H and O–H groups in total. The van der Waals surface area contributed by atoms with Gasteiger partial charge in [-0.05, 0) is 36.6 Å². The number of hydrogen-bond donors (Lipinski definition) is 3. The minimum Gasteiger partial charge on any atom is -0.497 e. The highest BCUT2D eigenvalue weighted by atomic mass is 16.5. The van der Waals surface area contributed by atoms with E-state index in [4.69, 9.17) is 4.74 Å². The maximum Gasteiger partial charge on any atom is 0.191 e. The highest BCUT2D eigenvalue weighted by molar-refractivity contribution is 5.79. The topological polar surface area (TPSA) is 87.2 Å². The van der Waals surface area contributed by atoms with E-state index in [2.05, 4.69) is 44.7 Å². The van der Waals surface area contributed by atoms with Crippen molar-refractivity contribution in [3.8, 4) is 17.1 Å². The van der Waals surface area contributed by atoms with Gasteiger partial charge in [0.2, 0.25) is 0 Å². The van der Waals surface area contributed by atoms with Gasteiger partial charge in [-0.15, -0.1) is 0 Å². The van der Waals surface area contributed by atoms with E-state index in [9.17, 15) is 0 Å². The van der Waals surface area contributed by atoms with Crippen molar-refractivity contribution in [2.45, 2.75) is 39.7 Å². The molecule has 1 heterocycles. The Morgan fingerprint density at radius 3 is 2.62 bits per heavy atom. The second kappa shape index (κ2) is 10.4. The Morgan fingerprint density at radius 1 is 1.19 bits per heavy atom. The molecule has 0 fully saturated rings. The monoisotopic (exact) mass is 358 g/mol. The Bertz CT molecular complexity index is 678. The lowest BCUT2D eigenvalue weighted by molar-refractivity contribution is 0.415. The van der Waals surface area contributed by atoms with Crippen LogP contribution in [0.4, 0.5) is 0 Å². The van der Waals surface area contributed by atoms with Crippen molar-refractivity contribution in [1.82, 2.24) is 25.8 Å². The number of guanidine groups is 1. The second-order valence-corrected chi connectivity index (χ2v) is 6.58. The SMILES string of the molecule is CN=C(NCCCCC(C)C)NCc1nc(-c2ccc(OC)cc2)n[nH]1. The zero-order valence-electron chi connectivity index (χ0n) is 16.2. The van der Waals surface area contributed by atoms with E-state index in [1.807, 2.05) is 24.3 Å². The second-order valence-electron chi connectivity index (χ2n) is 6.58. The van der Waals surface area contributed by atoms with Crippen LogP contribution in [0.5, 0.6) is 5.75 Å². The lowest BCUT2D eigenvalue weighted by Crippen LogP contribution is -2.37. The number of hydrogen-bond acceptors (Lipinski definition) is 4. The summed E-state index contributed by atoms with van der Waals surface area (Å²) in [5.74, 6) is 3.78. The number of H-pyrrole nitrogens is 1. The molecule has 2 aromatic rings. The fourth-order valence-electron chi connectivity index (χ4n) is 2.52. The van der Waals surface area contributed by atoms with Gasteiger partial charge in [0.05, 0.1) is 13.7 Å². The molecule has 0 radical (unpaired) electrons. The number of aromatic amines is 1. The first kappa shape index (κ1) is 19.8. The lowest BCUT2D eigenvalue weighted by atomic mass is 10.1. The van der Waals surface area contributed by atoms with Gasteiger partial charge in [-0.3, -0.25) is 10.1 Å². The average Bonchev–Trinajstić information content (AvgIpc) is 3.12. The third-order valence-electron chi connectivity index (χ3n) is 4.03. The van der Waals surface area contributed by atoms with Gasteiger partial charge in [-0.2, -0.15) is 5.10 Å². The predicted molar refractivity (Wildman–Crippen MR) is 105 cm³/mol. The zero-order chi connectivity index (χ0) is 18.8. The number of aliphatic imine (C=N–C) groups is 1. The number of benzene rings is 1. The molecule has 26 heavy (non-hydrogen) atoms. The van der Waals surface area contributed by atoms with Crippen molar-refractivity contribution < 1.29 is 4.74 Å². The van der Waals surface area contributed by atoms with Crippen LogP contribution in [0, 0.1) is 5.92 Å². The van der Waals surface area contributed by atoms with E-state index in [1.165, 1.54) is 12.8 Å². The molecule has 0 saturated heterocycles. The molecule has 7 nitrogen and oxygen atoms in total. The maximum atomic E-state index is 5.17. The molecule has 142 valence electrons. The molecule has 0 aliphatic heterocycles. The van der Waals surface area contributed by atoms with Crippen LogP contribution >= 0.6 is 0 Å². The molecule has 0 atom stereocenters. The summed E-state index contributed by atoms with van der Waals surface area (Å²) in [5, 5.41) is 13.8. The van der Waals surface area contributed by atoms with Crippen molar-refractivity contribution in [1.29, 1.82) is 0 Å². The van der Waals surface area contributed by atoms with E-state index in [0.29, 0.717) is 12.4 Å². The zero-order valence-corrected chi connectivity index (χ0v) is 16.2. The average molecular weight is 358 g/mol. The molecule has 1 aromatic carbocycles. The highest BCUT2D eigenvalue weighted by Crippen LogP contribution is 2.18. The summed E-state index contributed by atoms with van der Waals surface area (Å²) in [6.07, 6.45) is 3.64. The number of rotatable bonds is 9. The van der Waals surface area contributed by atoms with Gasteiger partial charge >= 0.3 is 0 Å². The van der Waals surface area contributed by atoms with Crippen LogP contribution in [0.2, 0.25) is 0 Å². The van der Waals surface area contributed by atoms with Crippen molar-refractivity contribution in [2.24, 2.45) is 10.9 Å². The maximum absolute atomic E-state index is 5.17. The van der Waals surface area contributed by atoms with Crippen LogP contribution in [0.1, 0.15) is 38.9 Å². The van der Waals surface area contributed by atoms with Crippen LogP contribution in [-0.4, -0.2) is 41.8 Å². The molecule has 7 heteroatoms. The van der Waals surface area contributed by atoms with Gasteiger partial charge in [-0.1, -0.05) is 26.7 Å². The number of ether oxygens (including phenoxy) is 1. The molecular formula is C19H30N6O. The number of nitrogens with zero attached hydrogens (tertiary/aromatic N) is 3. The van der Waals surface area contributed by atoms with Gasteiger partial charge in [-0.25, -0.2) is 4.98 Å². The first-order chi connectivity index (χ1) is 12.6. The molecule has 0 unspecified atom stereocenters. The fourth-order valence-corrected chi connectivity index (χ4v) is 2.52. The Hall–Kier alpha value is -2.57. The summed E-state index contributed by atoms with van der Waals surface area (Å²) >= 11 is 0. The minimum absolute atomic E-state index is 0.537. The van der Waals surface area contributed by atoms with Crippen LogP contribution in [0.15, 0.2) is 29.3 Å². The predicted octanol–water partition coefficient (Wildman–Crippen LogP) is 2.97. The van der Waals surface area contributed by atoms with E-state index < -0.39 is 0 Å². The number of nitrogens with one attached hydrogen (secondary N) is 3. The lowest BCUT2D eigenvalue weighted by Gasteiger charge is -2.11. The summed E-state index contributed by atoms with van der Waals surface area (Å²) < 4.78 is 5.17. The third kappa shape index (κ3) is 6.38. The standard InChI is InChI=1S/C19H30N6O/c1-14(2)7-5-6-12-21-19(20-3)22-13-17-23-18(25-24-17)15-8-10-16(26-4)11-9-15/h8-11,14H,5-7,12-13H2,1-4H3,(H2,20,21,22)(H,23,24,25). The van der Waals surface area contributed by atoms with Gasteiger partial charge < -0.3 is 15.4 Å². The molecule has 0 spiro atoms. The van der Waals surface area contributed by atoms with Gasteiger partial charge in [0.25, 0.3) is 0 Å². The minimum atomic E-state index is 0.537. The van der Waals surface area contributed by atoms with E-state index in [0.717, 1.165) is 42.0 Å². The summed E-state index contributed by atoms with van der Waals surface area (Å²) in [4.78, 5) is 8.76. The Morgan fingerprint density at radius 2 is 1.96 bits per heavy atom. The number of aromatic nitrogens is 3. The third-order valence-corrected chi connectivity index (χ3v) is 4.03. The first-order valence-electron chi connectivity index (χ1n) is 9.12. The molecule has 1 aromatic heterocycles. The molecule has 0 aliphatic carbocycles. The normalized spacial score (nSPS) is 11.7. The van der Waals surface area contributed by atoms with Crippen LogP contribution in [0.25, 0.3) is 11.4 Å². The summed E-state index contributed by atoms with van der Waals surface area (Å²) in [6, 6.07) is 7.68. The number of methoxy groups -OCH3 is 1. The highest BCUT2D eigenvalue weighted by Gasteiger charge is 2.07. The van der Waals surface area contributed by atoms with E-state index in [1.54, 1.807) is 14.2 Å². The molecule has 0 saturated carbocycles. The Kier molecular flexibility index (Phi) is 7.92. The number of unbranched alkanes of at least 4 members (excludes halogenated alkanes) is 1. The van der Waals surface area contributed by atoms with Crippen LogP contribution in [0.3, 0.4) is 0 Å². The smallest absolute Gasteiger partial charge is 0.191 e. The van der Waals surface area contributed by atoms with Crippen LogP contribution in [-0.2, 0) is 6.54 Å². The Balaban J connectivity index is 1.78. The van der Waals surface area contributed by atoms with Crippen LogP contribution < -0.4 is 15.4 Å². The van der Waals surface area contributed by atoms with E-state index >= 15 is 0 Å². The molecule has 0 bridgehead atoms. The van der Waals surface area contributed by atoms with Crippen molar-refractivity contribution in [3.05, 3.63) is 30.1 Å². The fraction of sp³-hybridized carbons (Fsp3) is 0.526. The van der Waals surface area contributed by atoms with Gasteiger partial charge in [0, 0.05) is 19.2 Å². The largest absolute Gasteiger partial charge is 0.497 e. The van der Waals surface area contributed by atoms with E-state index in [-0.39, 0.29) is 0 Å². The van der Waals surface area contributed by atoms with Crippen molar-refractivity contribution in [3.63, 3.8) is 0 Å². The molecule has 0 amide bonds.